The molecule has 4 heteroatoms. The van der Waals surface area contributed by atoms with E-state index in [9.17, 15) is 0 Å². The van der Waals surface area contributed by atoms with Gasteiger partial charge in [0.15, 0.2) is 0 Å². The summed E-state index contributed by atoms with van der Waals surface area (Å²) in [6.07, 6.45) is 2.78. The summed E-state index contributed by atoms with van der Waals surface area (Å²) in [7, 11) is 0. The van der Waals surface area contributed by atoms with Gasteiger partial charge in [-0.05, 0) is 37.9 Å². The molecule has 4 nitrogen and oxygen atoms in total. The second-order valence-electron chi connectivity index (χ2n) is 5.92. The summed E-state index contributed by atoms with van der Waals surface area (Å²) in [6, 6.07) is 14.0. The monoisotopic (exact) mass is 281 g/mol. The average Bonchev–Trinajstić information content (AvgIpc) is 2.57. The maximum absolute atomic E-state index is 6.06. The van der Waals surface area contributed by atoms with Crippen LogP contribution in [0.1, 0.15) is 12.8 Å². The lowest BCUT2D eigenvalue weighted by Crippen LogP contribution is -2.52. The molecule has 0 aliphatic carbocycles. The van der Waals surface area contributed by atoms with Crippen molar-refractivity contribution in [1.29, 1.82) is 0 Å². The van der Waals surface area contributed by atoms with E-state index in [2.05, 4.69) is 15.1 Å². The first-order valence-electron chi connectivity index (χ1n) is 7.67. The number of ether oxygens (including phenoxy) is 1. The summed E-state index contributed by atoms with van der Waals surface area (Å²) in [5, 5.41) is 8.53. The number of rotatable bonds is 3. The molecule has 3 fully saturated rings. The molecule has 108 valence electrons. The van der Waals surface area contributed by atoms with E-state index >= 15 is 0 Å². The van der Waals surface area contributed by atoms with Crippen LogP contribution in [0.5, 0.6) is 5.88 Å². The van der Waals surface area contributed by atoms with Gasteiger partial charge in [-0.15, -0.1) is 10.2 Å². The fourth-order valence-corrected chi connectivity index (χ4v) is 3.35. The minimum absolute atomic E-state index is 0.282. The van der Waals surface area contributed by atoms with Gasteiger partial charge in [-0.1, -0.05) is 30.3 Å². The van der Waals surface area contributed by atoms with Crippen LogP contribution in [0.4, 0.5) is 0 Å². The molecule has 3 aliphatic heterocycles. The van der Waals surface area contributed by atoms with E-state index in [0.717, 1.165) is 17.8 Å². The number of hydrogen-bond donors (Lipinski definition) is 0. The number of benzene rings is 1. The van der Waals surface area contributed by atoms with Crippen molar-refractivity contribution < 1.29 is 4.74 Å². The van der Waals surface area contributed by atoms with Crippen molar-refractivity contribution in [2.45, 2.75) is 18.9 Å². The van der Waals surface area contributed by atoms with E-state index in [1.165, 1.54) is 25.9 Å². The molecule has 0 spiro atoms. The third-order valence-corrected chi connectivity index (χ3v) is 4.58. The fraction of sp³-hybridized carbons (Fsp3) is 0.412. The summed E-state index contributed by atoms with van der Waals surface area (Å²) >= 11 is 0. The Hall–Kier alpha value is -1.94. The van der Waals surface area contributed by atoms with Crippen LogP contribution in [0, 0.1) is 5.92 Å². The molecule has 1 atom stereocenters. The highest BCUT2D eigenvalue weighted by Crippen LogP contribution is 2.30. The van der Waals surface area contributed by atoms with Crippen molar-refractivity contribution in [3.63, 3.8) is 0 Å². The van der Waals surface area contributed by atoms with E-state index in [0.29, 0.717) is 11.8 Å². The summed E-state index contributed by atoms with van der Waals surface area (Å²) in [6.45, 7) is 3.49. The highest BCUT2D eigenvalue weighted by molar-refractivity contribution is 5.58. The number of aromatic nitrogens is 2. The van der Waals surface area contributed by atoms with Gasteiger partial charge in [0.2, 0.25) is 5.88 Å². The molecule has 3 aliphatic rings. The van der Waals surface area contributed by atoms with E-state index in [1.807, 2.05) is 42.5 Å². The normalized spacial score (nSPS) is 27.5. The van der Waals surface area contributed by atoms with Crippen molar-refractivity contribution in [2.24, 2.45) is 5.92 Å². The van der Waals surface area contributed by atoms with Crippen molar-refractivity contribution >= 4 is 0 Å². The topological polar surface area (TPSA) is 38.2 Å². The molecule has 5 rings (SSSR count). The molecule has 0 N–H and O–H groups in total. The second kappa shape index (κ2) is 5.45. The molecule has 0 saturated carbocycles. The molecular formula is C17H19N3O. The minimum Gasteiger partial charge on any atom is -0.472 e. The molecule has 0 radical (unpaired) electrons. The van der Waals surface area contributed by atoms with E-state index < -0.39 is 0 Å². The van der Waals surface area contributed by atoms with Gasteiger partial charge in [0.1, 0.15) is 6.10 Å². The Balaban J connectivity index is 1.47. The number of piperidine rings is 3. The van der Waals surface area contributed by atoms with Crippen LogP contribution in [0.2, 0.25) is 0 Å². The van der Waals surface area contributed by atoms with Crippen LogP contribution in [0.3, 0.4) is 0 Å². The second-order valence-corrected chi connectivity index (χ2v) is 5.92. The van der Waals surface area contributed by atoms with Crippen molar-refractivity contribution in [1.82, 2.24) is 15.1 Å². The molecule has 3 saturated heterocycles. The maximum atomic E-state index is 6.06. The Labute approximate surface area is 124 Å². The fourth-order valence-electron chi connectivity index (χ4n) is 3.35. The molecule has 0 unspecified atom stereocenters. The van der Waals surface area contributed by atoms with Crippen molar-refractivity contribution in [3.05, 3.63) is 42.5 Å². The van der Waals surface area contributed by atoms with Crippen LogP contribution in [0.15, 0.2) is 42.5 Å². The van der Waals surface area contributed by atoms with Gasteiger partial charge in [0, 0.05) is 18.2 Å². The first-order valence-corrected chi connectivity index (χ1v) is 7.67. The Morgan fingerprint density at radius 2 is 1.76 bits per heavy atom. The smallest absolute Gasteiger partial charge is 0.233 e. The largest absolute Gasteiger partial charge is 0.472 e. The predicted octanol–water partition coefficient (Wildman–Crippen LogP) is 2.62. The molecule has 0 amide bonds. The Morgan fingerprint density at radius 3 is 2.38 bits per heavy atom. The van der Waals surface area contributed by atoms with Crippen LogP contribution in [0.25, 0.3) is 11.3 Å². The Bertz CT molecular complexity index is 591. The molecule has 1 aromatic carbocycles. The van der Waals surface area contributed by atoms with Crippen molar-refractivity contribution in [3.8, 4) is 17.1 Å². The van der Waals surface area contributed by atoms with Gasteiger partial charge in [-0.25, -0.2) is 0 Å². The maximum Gasteiger partial charge on any atom is 0.233 e. The quantitative estimate of drug-likeness (QED) is 0.867. The molecule has 4 heterocycles. The zero-order valence-electron chi connectivity index (χ0n) is 12.0. The molecule has 2 bridgehead atoms. The van der Waals surface area contributed by atoms with Crippen LogP contribution >= 0.6 is 0 Å². The summed E-state index contributed by atoms with van der Waals surface area (Å²) in [5.41, 5.74) is 1.97. The first-order chi connectivity index (χ1) is 10.4. The van der Waals surface area contributed by atoms with Gasteiger partial charge in [-0.3, -0.25) is 4.90 Å². The molecular weight excluding hydrogens is 262 g/mol. The van der Waals surface area contributed by atoms with Gasteiger partial charge in [0.25, 0.3) is 0 Å². The zero-order valence-corrected chi connectivity index (χ0v) is 12.0. The number of nitrogens with zero attached hydrogens (tertiary/aromatic N) is 3. The molecule has 2 aromatic rings. The zero-order chi connectivity index (χ0) is 14.1. The minimum atomic E-state index is 0.282. The standard InChI is InChI=1S/C17H19N3O/c1-2-4-13(5-3-1)15-6-7-17(19-18-15)21-16-12-20-10-8-14(16)9-11-20/h1-7,14,16H,8-12H2/t16-/m0/s1. The molecule has 1 aromatic heterocycles. The SMILES string of the molecule is c1ccc(-c2ccc(O[C@H]3CN4CCC3CC4)nn2)cc1. The third kappa shape index (κ3) is 2.63. The third-order valence-electron chi connectivity index (χ3n) is 4.58. The van der Waals surface area contributed by atoms with Gasteiger partial charge in [-0.2, -0.15) is 0 Å². The highest BCUT2D eigenvalue weighted by Gasteiger charge is 2.35. The summed E-state index contributed by atoms with van der Waals surface area (Å²) < 4.78 is 6.06. The lowest BCUT2D eigenvalue weighted by Gasteiger charge is -2.44. The van der Waals surface area contributed by atoms with Gasteiger partial charge >= 0.3 is 0 Å². The summed E-state index contributed by atoms with van der Waals surface area (Å²) in [5.74, 6) is 1.33. The van der Waals surface area contributed by atoms with Crippen LogP contribution < -0.4 is 4.74 Å². The Morgan fingerprint density at radius 1 is 0.952 bits per heavy atom. The van der Waals surface area contributed by atoms with Crippen LogP contribution in [-0.2, 0) is 0 Å². The number of hydrogen-bond acceptors (Lipinski definition) is 4. The van der Waals surface area contributed by atoms with Crippen molar-refractivity contribution in [2.75, 3.05) is 19.6 Å². The van der Waals surface area contributed by atoms with Gasteiger partial charge < -0.3 is 4.74 Å². The number of fused-ring (bicyclic) bond motifs is 3. The average molecular weight is 281 g/mol. The predicted molar refractivity (Wildman–Crippen MR) is 81.0 cm³/mol. The summed E-state index contributed by atoms with van der Waals surface area (Å²) in [4.78, 5) is 2.48. The Kier molecular flexibility index (Phi) is 3.31. The van der Waals surface area contributed by atoms with Gasteiger partial charge in [0.05, 0.1) is 5.69 Å². The van der Waals surface area contributed by atoms with E-state index in [4.69, 9.17) is 4.74 Å². The molecule has 21 heavy (non-hydrogen) atoms. The first kappa shape index (κ1) is 12.8. The van der Waals surface area contributed by atoms with E-state index in [1.54, 1.807) is 0 Å². The van der Waals surface area contributed by atoms with E-state index in [-0.39, 0.29) is 6.10 Å². The highest BCUT2D eigenvalue weighted by atomic mass is 16.5. The lowest BCUT2D eigenvalue weighted by atomic mass is 9.86. The van der Waals surface area contributed by atoms with Crippen LogP contribution in [-0.4, -0.2) is 40.8 Å². The lowest BCUT2D eigenvalue weighted by molar-refractivity contribution is -0.0103.